The molecule has 3 nitrogen and oxygen atoms in total. The molecule has 0 saturated heterocycles. The van der Waals surface area contributed by atoms with E-state index in [4.69, 9.17) is 4.74 Å². The monoisotopic (exact) mass is 192 g/mol. The normalized spacial score (nSPS) is 9.93. The van der Waals surface area contributed by atoms with Crippen molar-refractivity contribution in [1.29, 1.82) is 0 Å². The Balaban J connectivity index is 2.31. The first kappa shape index (κ1) is 10.6. The summed E-state index contributed by atoms with van der Waals surface area (Å²) in [7, 11) is 0. The van der Waals surface area contributed by atoms with Crippen LogP contribution in [-0.4, -0.2) is 6.09 Å². The van der Waals surface area contributed by atoms with Crippen molar-refractivity contribution in [1.82, 2.24) is 5.32 Å². The van der Waals surface area contributed by atoms with Crippen molar-refractivity contribution in [2.45, 2.75) is 20.5 Å². The first-order chi connectivity index (χ1) is 6.68. The summed E-state index contributed by atoms with van der Waals surface area (Å²) in [6.07, 6.45) is -0.408. The molecule has 0 heterocycles. The van der Waals surface area contributed by atoms with Crippen molar-refractivity contribution < 1.29 is 9.53 Å². The van der Waals surface area contributed by atoms with Crippen LogP contribution in [0, 0.1) is 6.04 Å². The lowest BCUT2D eigenvalue weighted by Crippen LogP contribution is -2.25. The van der Waals surface area contributed by atoms with Crippen LogP contribution in [0.5, 0.6) is 0 Å². The lowest BCUT2D eigenvalue weighted by molar-refractivity contribution is 0.140. The van der Waals surface area contributed by atoms with Gasteiger partial charge in [-0.1, -0.05) is 30.3 Å². The van der Waals surface area contributed by atoms with Crippen LogP contribution >= 0.6 is 0 Å². The summed E-state index contributed by atoms with van der Waals surface area (Å²) in [5.41, 5.74) is 0.983. The molecule has 1 aromatic carbocycles. The molecule has 75 valence electrons. The number of hydrogen-bond acceptors (Lipinski definition) is 2. The Morgan fingerprint density at radius 3 is 2.50 bits per heavy atom. The third-order valence-electron chi connectivity index (χ3n) is 1.56. The lowest BCUT2D eigenvalue weighted by Gasteiger charge is -2.08. The number of ether oxygens (including phenoxy) is 1. The quantitative estimate of drug-likeness (QED) is 0.799. The highest BCUT2D eigenvalue weighted by atomic mass is 16.5. The van der Waals surface area contributed by atoms with Gasteiger partial charge in [0.05, 0.1) is 6.04 Å². The Kier molecular flexibility index (Phi) is 3.98. The highest BCUT2D eigenvalue weighted by molar-refractivity contribution is 5.68. The minimum Gasteiger partial charge on any atom is -0.445 e. The largest absolute Gasteiger partial charge is 0.445 e. The molecule has 3 heteroatoms. The number of carbonyl (C=O) groups excluding carboxylic acids is 1. The standard InChI is InChI=1S/C11H14NO2/c1-9(2)12-11(13)14-8-10-6-4-3-5-7-10/h3-7H,8H2,1-2H3,(H,12,13). The molecular weight excluding hydrogens is 178 g/mol. The predicted octanol–water partition coefficient (Wildman–Crippen LogP) is 2.48. The molecule has 0 aliphatic heterocycles. The molecular formula is C11H14NO2. The van der Waals surface area contributed by atoms with E-state index in [2.05, 4.69) is 5.32 Å². The van der Waals surface area contributed by atoms with Gasteiger partial charge in [-0.2, -0.15) is 0 Å². The number of alkyl carbamates (subject to hydrolysis) is 1. The Labute approximate surface area is 84.1 Å². The van der Waals surface area contributed by atoms with Crippen LogP contribution in [0.3, 0.4) is 0 Å². The van der Waals surface area contributed by atoms with Gasteiger partial charge in [-0.15, -0.1) is 0 Å². The molecule has 1 aromatic rings. The zero-order valence-electron chi connectivity index (χ0n) is 8.41. The fraction of sp³-hybridized carbons (Fsp3) is 0.273. The zero-order chi connectivity index (χ0) is 10.4. The highest BCUT2D eigenvalue weighted by Gasteiger charge is 2.03. The lowest BCUT2D eigenvalue weighted by atomic mass is 10.2. The van der Waals surface area contributed by atoms with Crippen LogP contribution in [0.15, 0.2) is 30.3 Å². The van der Waals surface area contributed by atoms with E-state index >= 15 is 0 Å². The van der Waals surface area contributed by atoms with Gasteiger partial charge in [-0.05, 0) is 19.4 Å². The molecule has 0 aliphatic rings. The van der Waals surface area contributed by atoms with Crippen molar-refractivity contribution in [3.05, 3.63) is 41.9 Å². The number of rotatable bonds is 3. The van der Waals surface area contributed by atoms with Gasteiger partial charge in [0.2, 0.25) is 0 Å². The van der Waals surface area contributed by atoms with Crippen molar-refractivity contribution in [2.75, 3.05) is 0 Å². The number of amides is 1. The SMILES string of the molecule is C[C](C)NC(=O)OCc1ccccc1. The van der Waals surface area contributed by atoms with E-state index in [1.165, 1.54) is 0 Å². The molecule has 0 unspecified atom stereocenters. The van der Waals surface area contributed by atoms with Crippen LogP contribution in [-0.2, 0) is 11.3 Å². The number of nitrogens with one attached hydrogen (secondary N) is 1. The molecule has 0 aliphatic carbocycles. The van der Waals surface area contributed by atoms with Gasteiger partial charge in [0.25, 0.3) is 0 Å². The Morgan fingerprint density at radius 1 is 1.29 bits per heavy atom. The average molecular weight is 192 g/mol. The van der Waals surface area contributed by atoms with Crippen molar-refractivity contribution >= 4 is 6.09 Å². The van der Waals surface area contributed by atoms with E-state index in [0.29, 0.717) is 6.61 Å². The molecule has 1 N–H and O–H groups in total. The van der Waals surface area contributed by atoms with Crippen molar-refractivity contribution in [3.63, 3.8) is 0 Å². The molecule has 14 heavy (non-hydrogen) atoms. The summed E-state index contributed by atoms with van der Waals surface area (Å²) in [4.78, 5) is 11.1. The number of carbonyl (C=O) groups is 1. The van der Waals surface area contributed by atoms with Crippen LogP contribution in [0.4, 0.5) is 4.79 Å². The first-order valence-corrected chi connectivity index (χ1v) is 4.46. The summed E-state index contributed by atoms with van der Waals surface area (Å²) in [6, 6.07) is 10.4. The number of hydrogen-bond donors (Lipinski definition) is 1. The minimum absolute atomic E-state index is 0.306. The van der Waals surface area contributed by atoms with Gasteiger partial charge >= 0.3 is 6.09 Å². The van der Waals surface area contributed by atoms with E-state index in [0.717, 1.165) is 11.6 Å². The minimum atomic E-state index is -0.408. The summed E-state index contributed by atoms with van der Waals surface area (Å²) in [6.45, 7) is 3.92. The van der Waals surface area contributed by atoms with E-state index in [1.807, 2.05) is 44.2 Å². The maximum absolute atomic E-state index is 11.1. The van der Waals surface area contributed by atoms with Gasteiger partial charge in [-0.3, -0.25) is 0 Å². The second kappa shape index (κ2) is 5.27. The van der Waals surface area contributed by atoms with E-state index in [1.54, 1.807) is 0 Å². The predicted molar refractivity (Wildman–Crippen MR) is 54.4 cm³/mol. The molecule has 0 aromatic heterocycles. The zero-order valence-corrected chi connectivity index (χ0v) is 8.41. The van der Waals surface area contributed by atoms with Crippen LogP contribution in [0.1, 0.15) is 19.4 Å². The summed E-state index contributed by atoms with van der Waals surface area (Å²) < 4.78 is 4.97. The second-order valence-corrected chi connectivity index (χ2v) is 3.19. The third-order valence-corrected chi connectivity index (χ3v) is 1.56. The van der Waals surface area contributed by atoms with Gasteiger partial charge in [0, 0.05) is 0 Å². The molecule has 1 amide bonds. The van der Waals surface area contributed by atoms with Crippen LogP contribution in [0.2, 0.25) is 0 Å². The molecule has 0 spiro atoms. The molecule has 1 rings (SSSR count). The molecule has 0 atom stereocenters. The van der Waals surface area contributed by atoms with Gasteiger partial charge < -0.3 is 10.1 Å². The maximum atomic E-state index is 11.1. The summed E-state index contributed by atoms with van der Waals surface area (Å²) >= 11 is 0. The fourth-order valence-electron chi connectivity index (χ4n) is 0.963. The Hall–Kier alpha value is -1.51. The Bertz CT molecular complexity index is 283. The van der Waals surface area contributed by atoms with Gasteiger partial charge in [-0.25, -0.2) is 4.79 Å². The van der Waals surface area contributed by atoms with E-state index < -0.39 is 6.09 Å². The topological polar surface area (TPSA) is 38.3 Å². The summed E-state index contributed by atoms with van der Waals surface area (Å²) in [5.74, 6) is 0. The van der Waals surface area contributed by atoms with Gasteiger partial charge in [0.15, 0.2) is 0 Å². The smallest absolute Gasteiger partial charge is 0.407 e. The van der Waals surface area contributed by atoms with E-state index in [9.17, 15) is 4.79 Å². The highest BCUT2D eigenvalue weighted by Crippen LogP contribution is 2.01. The van der Waals surface area contributed by atoms with Crippen LogP contribution < -0.4 is 5.32 Å². The third kappa shape index (κ3) is 3.94. The second-order valence-electron chi connectivity index (χ2n) is 3.19. The van der Waals surface area contributed by atoms with Crippen molar-refractivity contribution in [3.8, 4) is 0 Å². The van der Waals surface area contributed by atoms with E-state index in [-0.39, 0.29) is 0 Å². The van der Waals surface area contributed by atoms with Gasteiger partial charge in [0.1, 0.15) is 6.61 Å². The van der Waals surface area contributed by atoms with Crippen LogP contribution in [0.25, 0.3) is 0 Å². The summed E-state index contributed by atoms with van der Waals surface area (Å²) in [5, 5.41) is 2.57. The molecule has 1 radical (unpaired) electrons. The molecule has 0 fully saturated rings. The first-order valence-electron chi connectivity index (χ1n) is 4.46. The Morgan fingerprint density at radius 2 is 1.93 bits per heavy atom. The maximum Gasteiger partial charge on any atom is 0.407 e. The molecule has 0 saturated carbocycles. The number of benzene rings is 1. The van der Waals surface area contributed by atoms with Crippen molar-refractivity contribution in [2.24, 2.45) is 0 Å². The average Bonchev–Trinajstić information content (AvgIpc) is 2.15. The molecule has 0 bridgehead atoms. The fourth-order valence-corrected chi connectivity index (χ4v) is 0.963.